The summed E-state index contributed by atoms with van der Waals surface area (Å²) in [4.78, 5) is 23.9. The Morgan fingerprint density at radius 2 is 1.68 bits per heavy atom. The summed E-state index contributed by atoms with van der Waals surface area (Å²) in [5.41, 5.74) is 0.756. The number of hydrogen-bond acceptors (Lipinski definition) is 3. The molecule has 0 unspecified atom stereocenters. The van der Waals surface area contributed by atoms with E-state index >= 15 is 0 Å². The van der Waals surface area contributed by atoms with Gasteiger partial charge in [-0.05, 0) is 43.2 Å². The van der Waals surface area contributed by atoms with E-state index in [2.05, 4.69) is 5.32 Å². The Labute approximate surface area is 142 Å². The van der Waals surface area contributed by atoms with Gasteiger partial charge in [0.25, 0.3) is 5.91 Å². The van der Waals surface area contributed by atoms with E-state index in [4.69, 9.17) is 4.74 Å². The summed E-state index contributed by atoms with van der Waals surface area (Å²) >= 11 is 0. The van der Waals surface area contributed by atoms with Crippen LogP contribution in [0, 0.1) is 17.5 Å². The van der Waals surface area contributed by atoms with Crippen LogP contribution in [0.25, 0.3) is 0 Å². The summed E-state index contributed by atoms with van der Waals surface area (Å²) in [6.07, 6.45) is -0.445. The van der Waals surface area contributed by atoms with Crippen molar-refractivity contribution in [3.63, 3.8) is 0 Å². The lowest BCUT2D eigenvalue weighted by atomic mass is 10.1. The maximum absolute atomic E-state index is 13.5. The zero-order valence-corrected chi connectivity index (χ0v) is 13.6. The van der Waals surface area contributed by atoms with E-state index in [1.54, 1.807) is 24.3 Å². The van der Waals surface area contributed by atoms with E-state index in [-0.39, 0.29) is 5.56 Å². The molecule has 0 radical (unpaired) electrons. The Morgan fingerprint density at radius 1 is 1.04 bits per heavy atom. The standard InChI is InChI=1S/C18H16F3NO3/c1-3-11-4-6-12(7-5-11)18(24)25-10(2)17(23)22-14-9-8-13(19)15(20)16(14)21/h4-10H,3H2,1-2H3,(H,22,23)/t10-/m0/s1. The van der Waals surface area contributed by atoms with Gasteiger partial charge in [0.15, 0.2) is 23.6 Å². The molecule has 0 bridgehead atoms. The van der Waals surface area contributed by atoms with Crippen LogP contribution in [0.15, 0.2) is 36.4 Å². The summed E-state index contributed by atoms with van der Waals surface area (Å²) in [6, 6.07) is 8.22. The van der Waals surface area contributed by atoms with Crippen LogP contribution in [0.4, 0.5) is 18.9 Å². The van der Waals surface area contributed by atoms with Crippen molar-refractivity contribution in [2.45, 2.75) is 26.4 Å². The molecule has 0 aromatic heterocycles. The first-order valence-corrected chi connectivity index (χ1v) is 7.57. The van der Waals surface area contributed by atoms with Crippen LogP contribution in [0.5, 0.6) is 0 Å². The predicted octanol–water partition coefficient (Wildman–Crippen LogP) is 3.85. The number of amides is 1. The van der Waals surface area contributed by atoms with Gasteiger partial charge in [-0.1, -0.05) is 19.1 Å². The van der Waals surface area contributed by atoms with Crippen LogP contribution >= 0.6 is 0 Å². The van der Waals surface area contributed by atoms with Gasteiger partial charge in [-0.25, -0.2) is 18.0 Å². The second kappa shape index (κ2) is 7.83. The largest absolute Gasteiger partial charge is 0.449 e. The van der Waals surface area contributed by atoms with Gasteiger partial charge >= 0.3 is 5.97 Å². The van der Waals surface area contributed by atoms with E-state index in [1.807, 2.05) is 6.92 Å². The van der Waals surface area contributed by atoms with Crippen molar-refractivity contribution in [2.24, 2.45) is 0 Å². The first-order chi connectivity index (χ1) is 11.8. The second-order valence-corrected chi connectivity index (χ2v) is 5.31. The molecule has 25 heavy (non-hydrogen) atoms. The lowest BCUT2D eigenvalue weighted by Gasteiger charge is -2.14. The quantitative estimate of drug-likeness (QED) is 0.658. The summed E-state index contributed by atoms with van der Waals surface area (Å²) in [7, 11) is 0. The Kier molecular flexibility index (Phi) is 5.80. The number of aryl methyl sites for hydroxylation is 1. The molecule has 2 aromatic rings. The molecule has 1 N–H and O–H groups in total. The average Bonchev–Trinajstić information content (AvgIpc) is 2.62. The Morgan fingerprint density at radius 3 is 2.28 bits per heavy atom. The van der Waals surface area contributed by atoms with Gasteiger partial charge in [0.1, 0.15) is 0 Å². The number of anilines is 1. The monoisotopic (exact) mass is 351 g/mol. The molecule has 2 aromatic carbocycles. The van der Waals surface area contributed by atoms with Crippen LogP contribution in [-0.4, -0.2) is 18.0 Å². The first kappa shape index (κ1) is 18.5. The zero-order valence-electron chi connectivity index (χ0n) is 13.6. The molecule has 0 aliphatic heterocycles. The number of carbonyl (C=O) groups excluding carboxylic acids is 2. The van der Waals surface area contributed by atoms with Crippen molar-refractivity contribution in [1.82, 2.24) is 0 Å². The van der Waals surface area contributed by atoms with Crippen LogP contribution in [-0.2, 0) is 16.0 Å². The van der Waals surface area contributed by atoms with Gasteiger partial charge in [-0.2, -0.15) is 0 Å². The van der Waals surface area contributed by atoms with Crippen molar-refractivity contribution in [2.75, 3.05) is 5.32 Å². The molecule has 7 heteroatoms. The number of carbonyl (C=O) groups is 2. The minimum Gasteiger partial charge on any atom is -0.449 e. The molecule has 1 amide bonds. The highest BCUT2D eigenvalue weighted by Crippen LogP contribution is 2.20. The molecule has 4 nitrogen and oxygen atoms in total. The third-order valence-electron chi connectivity index (χ3n) is 3.54. The molecule has 0 saturated carbocycles. The molecule has 132 valence electrons. The summed E-state index contributed by atoms with van der Waals surface area (Å²) in [5, 5.41) is 2.06. The fourth-order valence-electron chi connectivity index (χ4n) is 2.02. The maximum atomic E-state index is 13.5. The highest BCUT2D eigenvalue weighted by Gasteiger charge is 2.21. The minimum absolute atomic E-state index is 0.260. The van der Waals surface area contributed by atoms with Gasteiger partial charge in [0.05, 0.1) is 11.3 Å². The summed E-state index contributed by atoms with van der Waals surface area (Å²) in [6.45, 7) is 3.25. The van der Waals surface area contributed by atoms with Gasteiger partial charge in [0.2, 0.25) is 0 Å². The van der Waals surface area contributed by atoms with Crippen molar-refractivity contribution in [3.05, 3.63) is 65.0 Å². The second-order valence-electron chi connectivity index (χ2n) is 5.31. The maximum Gasteiger partial charge on any atom is 0.338 e. The molecule has 0 spiro atoms. The minimum atomic E-state index is -1.70. The number of nitrogens with one attached hydrogen (secondary N) is 1. The third kappa shape index (κ3) is 4.37. The van der Waals surface area contributed by atoms with Crippen LogP contribution in [0.1, 0.15) is 29.8 Å². The summed E-state index contributed by atoms with van der Waals surface area (Å²) in [5.74, 6) is -6.19. The predicted molar refractivity (Wildman–Crippen MR) is 85.6 cm³/mol. The first-order valence-electron chi connectivity index (χ1n) is 7.57. The van der Waals surface area contributed by atoms with Crippen LogP contribution < -0.4 is 5.32 Å². The number of rotatable bonds is 5. The fraction of sp³-hybridized carbons (Fsp3) is 0.222. The number of ether oxygens (including phenoxy) is 1. The van der Waals surface area contributed by atoms with Crippen LogP contribution in [0.3, 0.4) is 0 Å². The Hall–Kier alpha value is -2.83. The zero-order chi connectivity index (χ0) is 18.6. The topological polar surface area (TPSA) is 55.4 Å². The molecular weight excluding hydrogens is 335 g/mol. The average molecular weight is 351 g/mol. The molecule has 0 aliphatic carbocycles. The number of benzene rings is 2. The molecule has 0 saturated heterocycles. The smallest absolute Gasteiger partial charge is 0.338 e. The Bertz CT molecular complexity index is 791. The normalized spacial score (nSPS) is 11.7. The molecule has 0 heterocycles. The molecule has 0 aliphatic rings. The number of hydrogen-bond donors (Lipinski definition) is 1. The van der Waals surface area contributed by atoms with Gasteiger partial charge < -0.3 is 10.1 Å². The molecule has 2 rings (SSSR count). The number of halogens is 3. The lowest BCUT2D eigenvalue weighted by molar-refractivity contribution is -0.123. The van der Waals surface area contributed by atoms with Crippen molar-refractivity contribution in [1.29, 1.82) is 0 Å². The molecule has 0 fully saturated rings. The van der Waals surface area contributed by atoms with Crippen molar-refractivity contribution >= 4 is 17.6 Å². The highest BCUT2D eigenvalue weighted by atomic mass is 19.2. The van der Waals surface area contributed by atoms with Crippen molar-refractivity contribution in [3.8, 4) is 0 Å². The third-order valence-corrected chi connectivity index (χ3v) is 3.54. The van der Waals surface area contributed by atoms with Gasteiger partial charge in [0, 0.05) is 0 Å². The highest BCUT2D eigenvalue weighted by molar-refractivity contribution is 5.97. The SMILES string of the molecule is CCc1ccc(C(=O)O[C@@H](C)C(=O)Nc2ccc(F)c(F)c2F)cc1. The van der Waals surface area contributed by atoms with Gasteiger partial charge in [-0.3, -0.25) is 4.79 Å². The molecule has 1 atom stereocenters. The van der Waals surface area contributed by atoms with E-state index in [0.29, 0.717) is 6.07 Å². The fourth-order valence-corrected chi connectivity index (χ4v) is 2.02. The van der Waals surface area contributed by atoms with E-state index in [9.17, 15) is 22.8 Å². The Balaban J connectivity index is 2.02. The van der Waals surface area contributed by atoms with E-state index in [1.165, 1.54) is 6.92 Å². The van der Waals surface area contributed by atoms with Gasteiger partial charge in [-0.15, -0.1) is 0 Å². The lowest BCUT2D eigenvalue weighted by Crippen LogP contribution is -2.30. The van der Waals surface area contributed by atoms with E-state index in [0.717, 1.165) is 18.1 Å². The van der Waals surface area contributed by atoms with E-state index < -0.39 is 41.1 Å². The number of esters is 1. The van der Waals surface area contributed by atoms with Crippen molar-refractivity contribution < 1.29 is 27.5 Å². The summed E-state index contributed by atoms with van der Waals surface area (Å²) < 4.78 is 44.6. The molecular formula is C18H16F3NO3. The van der Waals surface area contributed by atoms with Crippen LogP contribution in [0.2, 0.25) is 0 Å².